The summed E-state index contributed by atoms with van der Waals surface area (Å²) in [6, 6.07) is 4.52. The number of aryl methyl sites for hydroxylation is 2. The first kappa shape index (κ1) is 16.7. The van der Waals surface area contributed by atoms with Crippen LogP contribution >= 0.6 is 0 Å². The smallest absolute Gasteiger partial charge is 0.244 e. The summed E-state index contributed by atoms with van der Waals surface area (Å²) in [5.41, 5.74) is 6.75. The van der Waals surface area contributed by atoms with Gasteiger partial charge in [0.1, 0.15) is 11.9 Å². The number of nitrogens with two attached hydrogens (primary N) is 1. The molecule has 0 bridgehead atoms. The van der Waals surface area contributed by atoms with Gasteiger partial charge in [-0.2, -0.15) is 5.10 Å². The number of carbonyl (C=O) groups is 2. The third kappa shape index (κ3) is 4.15. The van der Waals surface area contributed by atoms with Gasteiger partial charge >= 0.3 is 0 Å². The minimum Gasteiger partial charge on any atom is -0.368 e. The Morgan fingerprint density at radius 2 is 2.17 bits per heavy atom. The van der Waals surface area contributed by atoms with Crippen LogP contribution in [-0.4, -0.2) is 33.5 Å². The molecule has 0 spiro atoms. The second-order valence-electron chi connectivity index (χ2n) is 5.40. The number of aromatic nitrogens is 2. The van der Waals surface area contributed by atoms with Crippen LogP contribution in [0.3, 0.4) is 0 Å². The van der Waals surface area contributed by atoms with Crippen molar-refractivity contribution in [3.8, 4) is 0 Å². The van der Waals surface area contributed by atoms with E-state index in [9.17, 15) is 14.0 Å². The Morgan fingerprint density at radius 1 is 1.43 bits per heavy atom. The molecule has 7 heteroatoms. The van der Waals surface area contributed by atoms with Gasteiger partial charge < -0.3 is 10.6 Å². The standard InChI is InChI=1S/C16H19FN4O2/c1-11-9-19-21(10-11)7-6-14(22)20(2)15(16(18)23)12-4-3-5-13(17)8-12/h3-5,8-10,15H,6-7H2,1-2H3,(H2,18,23)/t15-/m0/s1. The number of carbonyl (C=O) groups excluding carboxylic acids is 2. The van der Waals surface area contributed by atoms with E-state index in [2.05, 4.69) is 5.10 Å². The second kappa shape index (κ2) is 7.04. The van der Waals surface area contributed by atoms with Crippen LogP contribution in [0.1, 0.15) is 23.6 Å². The van der Waals surface area contributed by atoms with Crippen molar-refractivity contribution in [2.45, 2.75) is 25.9 Å². The van der Waals surface area contributed by atoms with Gasteiger partial charge in [0.15, 0.2) is 0 Å². The van der Waals surface area contributed by atoms with Crippen molar-refractivity contribution in [1.82, 2.24) is 14.7 Å². The van der Waals surface area contributed by atoms with E-state index in [1.165, 1.54) is 30.1 Å². The maximum Gasteiger partial charge on any atom is 0.244 e. The van der Waals surface area contributed by atoms with Gasteiger partial charge in [-0.25, -0.2) is 4.39 Å². The average molecular weight is 318 g/mol. The first-order valence-electron chi connectivity index (χ1n) is 7.18. The topological polar surface area (TPSA) is 81.2 Å². The largest absolute Gasteiger partial charge is 0.368 e. The lowest BCUT2D eigenvalue weighted by molar-refractivity contribution is -0.138. The van der Waals surface area contributed by atoms with Gasteiger partial charge in [0.2, 0.25) is 11.8 Å². The van der Waals surface area contributed by atoms with Gasteiger partial charge in [-0.3, -0.25) is 14.3 Å². The highest BCUT2D eigenvalue weighted by atomic mass is 19.1. The van der Waals surface area contributed by atoms with E-state index in [0.29, 0.717) is 12.1 Å². The summed E-state index contributed by atoms with van der Waals surface area (Å²) < 4.78 is 15.0. The van der Waals surface area contributed by atoms with Crippen LogP contribution in [0.4, 0.5) is 4.39 Å². The average Bonchev–Trinajstić information content (AvgIpc) is 2.90. The fourth-order valence-corrected chi connectivity index (χ4v) is 2.38. The summed E-state index contributed by atoms with van der Waals surface area (Å²) in [4.78, 5) is 25.3. The third-order valence-electron chi connectivity index (χ3n) is 3.53. The maximum absolute atomic E-state index is 13.4. The zero-order chi connectivity index (χ0) is 17.0. The Labute approximate surface area is 133 Å². The van der Waals surface area contributed by atoms with Crippen molar-refractivity contribution in [2.24, 2.45) is 5.73 Å². The Morgan fingerprint density at radius 3 is 2.74 bits per heavy atom. The molecule has 0 radical (unpaired) electrons. The van der Waals surface area contributed by atoms with Crippen molar-refractivity contribution in [2.75, 3.05) is 7.05 Å². The molecular formula is C16H19FN4O2. The summed E-state index contributed by atoms with van der Waals surface area (Å²) >= 11 is 0. The first-order chi connectivity index (χ1) is 10.9. The SMILES string of the molecule is Cc1cnn(CCC(=O)N(C)[C@H](C(N)=O)c2cccc(F)c2)c1. The van der Waals surface area contributed by atoms with Crippen LogP contribution in [0.15, 0.2) is 36.7 Å². The lowest BCUT2D eigenvalue weighted by Crippen LogP contribution is -2.39. The van der Waals surface area contributed by atoms with Crippen LogP contribution in [-0.2, 0) is 16.1 Å². The Kier molecular flexibility index (Phi) is 5.10. The molecule has 0 saturated carbocycles. The molecule has 1 aromatic carbocycles. The van der Waals surface area contributed by atoms with Crippen molar-refractivity contribution in [3.05, 3.63) is 53.6 Å². The van der Waals surface area contributed by atoms with Crippen LogP contribution in [0.2, 0.25) is 0 Å². The molecule has 6 nitrogen and oxygen atoms in total. The van der Waals surface area contributed by atoms with E-state index in [0.717, 1.165) is 5.56 Å². The molecule has 1 atom stereocenters. The molecule has 2 aromatic rings. The van der Waals surface area contributed by atoms with E-state index in [-0.39, 0.29) is 12.3 Å². The number of nitrogens with zero attached hydrogens (tertiary/aromatic N) is 3. The van der Waals surface area contributed by atoms with Gasteiger partial charge in [-0.15, -0.1) is 0 Å². The van der Waals surface area contributed by atoms with Crippen LogP contribution in [0, 0.1) is 12.7 Å². The summed E-state index contributed by atoms with van der Waals surface area (Å²) in [7, 11) is 1.48. The van der Waals surface area contributed by atoms with E-state index >= 15 is 0 Å². The van der Waals surface area contributed by atoms with E-state index in [4.69, 9.17) is 5.73 Å². The van der Waals surface area contributed by atoms with Crippen molar-refractivity contribution < 1.29 is 14.0 Å². The zero-order valence-corrected chi connectivity index (χ0v) is 13.1. The lowest BCUT2D eigenvalue weighted by atomic mass is 10.0. The molecule has 1 heterocycles. The molecular weight excluding hydrogens is 299 g/mol. The highest BCUT2D eigenvalue weighted by Crippen LogP contribution is 2.20. The zero-order valence-electron chi connectivity index (χ0n) is 13.1. The summed E-state index contributed by atoms with van der Waals surface area (Å²) in [6.45, 7) is 2.30. The molecule has 2 N–H and O–H groups in total. The number of rotatable bonds is 6. The molecule has 23 heavy (non-hydrogen) atoms. The monoisotopic (exact) mass is 318 g/mol. The van der Waals surface area contributed by atoms with Crippen LogP contribution in [0.25, 0.3) is 0 Å². The predicted octanol–water partition coefficient (Wildman–Crippen LogP) is 1.41. The molecule has 1 aromatic heterocycles. The quantitative estimate of drug-likeness (QED) is 0.874. The highest BCUT2D eigenvalue weighted by molar-refractivity contribution is 5.87. The number of likely N-dealkylation sites (N-methyl/N-ethyl adjacent to an activating group) is 1. The van der Waals surface area contributed by atoms with Crippen molar-refractivity contribution >= 4 is 11.8 Å². The van der Waals surface area contributed by atoms with Crippen molar-refractivity contribution in [3.63, 3.8) is 0 Å². The van der Waals surface area contributed by atoms with Gasteiger partial charge in [0.25, 0.3) is 0 Å². The lowest BCUT2D eigenvalue weighted by Gasteiger charge is -2.26. The summed E-state index contributed by atoms with van der Waals surface area (Å²) in [5, 5.41) is 4.10. The molecule has 0 aliphatic carbocycles. The number of benzene rings is 1. The fraction of sp³-hybridized carbons (Fsp3) is 0.312. The van der Waals surface area contributed by atoms with Gasteiger partial charge in [0.05, 0.1) is 6.20 Å². The Balaban J connectivity index is 2.09. The summed E-state index contributed by atoms with van der Waals surface area (Å²) in [5.74, 6) is -1.46. The predicted molar refractivity (Wildman–Crippen MR) is 82.7 cm³/mol. The van der Waals surface area contributed by atoms with Gasteiger partial charge in [-0.1, -0.05) is 12.1 Å². The Hall–Kier alpha value is -2.70. The maximum atomic E-state index is 13.4. The number of amides is 2. The van der Waals surface area contributed by atoms with E-state index in [1.807, 2.05) is 13.1 Å². The number of hydrogen-bond donors (Lipinski definition) is 1. The second-order valence-corrected chi connectivity index (χ2v) is 5.40. The molecule has 2 rings (SSSR count). The molecule has 0 saturated heterocycles. The summed E-state index contributed by atoms with van der Waals surface area (Å²) in [6.07, 6.45) is 3.69. The number of halogens is 1. The normalized spacial score (nSPS) is 12.0. The van der Waals surface area contributed by atoms with Gasteiger partial charge in [-0.05, 0) is 30.2 Å². The van der Waals surface area contributed by atoms with E-state index < -0.39 is 17.8 Å². The minimum absolute atomic E-state index is 0.163. The van der Waals surface area contributed by atoms with Crippen molar-refractivity contribution in [1.29, 1.82) is 0 Å². The third-order valence-corrected chi connectivity index (χ3v) is 3.53. The van der Waals surface area contributed by atoms with Gasteiger partial charge in [0, 0.05) is 26.2 Å². The van der Waals surface area contributed by atoms with Crippen LogP contribution < -0.4 is 5.73 Å². The molecule has 0 fully saturated rings. The van der Waals surface area contributed by atoms with Crippen LogP contribution in [0.5, 0.6) is 0 Å². The molecule has 2 amide bonds. The number of primary amides is 1. The molecule has 0 unspecified atom stereocenters. The molecule has 0 aliphatic heterocycles. The molecule has 122 valence electrons. The highest BCUT2D eigenvalue weighted by Gasteiger charge is 2.26. The fourth-order valence-electron chi connectivity index (χ4n) is 2.38. The Bertz CT molecular complexity index is 714. The minimum atomic E-state index is -1.00. The van der Waals surface area contributed by atoms with E-state index in [1.54, 1.807) is 16.9 Å². The molecule has 0 aliphatic rings. The number of hydrogen-bond acceptors (Lipinski definition) is 3. The first-order valence-corrected chi connectivity index (χ1v) is 7.18.